The van der Waals surface area contributed by atoms with Crippen LogP contribution in [0.25, 0.3) is 0 Å². The van der Waals surface area contributed by atoms with Crippen LogP contribution in [0.5, 0.6) is 0 Å². The number of hydrogen-bond acceptors (Lipinski definition) is 3. The number of primary amides is 1. The lowest BCUT2D eigenvalue weighted by Gasteiger charge is -2.24. The second kappa shape index (κ2) is 4.25. The summed E-state index contributed by atoms with van der Waals surface area (Å²) in [6, 6.07) is 0.143. The highest BCUT2D eigenvalue weighted by molar-refractivity contribution is 5.80. The largest absolute Gasteiger partial charge is 0.368 e. The Balaban J connectivity index is 2.12. The topological polar surface area (TPSA) is 72.9 Å². The van der Waals surface area contributed by atoms with Gasteiger partial charge in [-0.15, -0.1) is 0 Å². The van der Waals surface area contributed by atoms with Gasteiger partial charge in [0.15, 0.2) is 0 Å². The van der Waals surface area contributed by atoms with Crippen LogP contribution in [-0.4, -0.2) is 27.5 Å². The fourth-order valence-electron chi connectivity index (χ4n) is 1.94. The van der Waals surface area contributed by atoms with E-state index in [1.54, 1.807) is 6.20 Å². The third-order valence-electron chi connectivity index (χ3n) is 3.08. The van der Waals surface area contributed by atoms with E-state index >= 15 is 0 Å². The third-order valence-corrected chi connectivity index (χ3v) is 3.08. The third kappa shape index (κ3) is 2.24. The summed E-state index contributed by atoms with van der Waals surface area (Å²) in [4.78, 5) is 15.6. The Kier molecular flexibility index (Phi) is 2.96. The van der Waals surface area contributed by atoms with Gasteiger partial charge >= 0.3 is 0 Å². The minimum atomic E-state index is -0.319. The molecule has 1 amide bonds. The van der Waals surface area contributed by atoms with Crippen molar-refractivity contribution in [3.05, 3.63) is 18.2 Å². The van der Waals surface area contributed by atoms with E-state index in [0.717, 1.165) is 18.7 Å². The van der Waals surface area contributed by atoms with Crippen LogP contribution in [0.4, 0.5) is 0 Å². The smallest absolute Gasteiger partial charge is 0.236 e. The lowest BCUT2D eigenvalue weighted by atomic mass is 10.1. The number of nitrogens with zero attached hydrogens (tertiary/aromatic N) is 2. The zero-order chi connectivity index (χ0) is 11.7. The Morgan fingerprint density at radius 3 is 2.81 bits per heavy atom. The van der Waals surface area contributed by atoms with E-state index < -0.39 is 0 Å². The van der Waals surface area contributed by atoms with Gasteiger partial charge in [-0.25, -0.2) is 4.98 Å². The first-order chi connectivity index (χ1) is 7.59. The number of carbonyl (C=O) groups excluding carboxylic acids is 1. The van der Waals surface area contributed by atoms with Gasteiger partial charge in [0, 0.05) is 18.4 Å². The molecule has 2 atom stereocenters. The molecular weight excluding hydrogens is 204 g/mol. The summed E-state index contributed by atoms with van der Waals surface area (Å²) >= 11 is 0. The molecule has 1 fully saturated rings. The van der Waals surface area contributed by atoms with E-state index in [2.05, 4.69) is 10.3 Å². The number of nitrogens with two attached hydrogens (primary N) is 1. The molecule has 2 unspecified atom stereocenters. The zero-order valence-electron chi connectivity index (χ0n) is 9.68. The number of imidazole rings is 1. The molecule has 0 aliphatic heterocycles. The molecule has 5 heteroatoms. The van der Waals surface area contributed by atoms with Gasteiger partial charge in [-0.1, -0.05) is 0 Å². The Bertz CT molecular complexity index is 383. The van der Waals surface area contributed by atoms with Crippen molar-refractivity contribution < 1.29 is 4.79 Å². The number of amides is 1. The van der Waals surface area contributed by atoms with Gasteiger partial charge in [-0.3, -0.25) is 4.79 Å². The predicted octanol–water partition coefficient (Wildman–Crippen LogP) is 0.358. The zero-order valence-corrected chi connectivity index (χ0v) is 9.68. The number of rotatable bonds is 5. The van der Waals surface area contributed by atoms with Crippen molar-refractivity contribution in [2.24, 2.45) is 5.73 Å². The van der Waals surface area contributed by atoms with Crippen LogP contribution in [0, 0.1) is 6.92 Å². The minimum Gasteiger partial charge on any atom is -0.368 e. The maximum atomic E-state index is 11.4. The number of aromatic nitrogens is 2. The molecule has 16 heavy (non-hydrogen) atoms. The molecule has 3 N–H and O–H groups in total. The standard InChI is InChI=1S/C11H18N4O/c1-7(15-6-5-13-8(15)2)10(11(12)16)14-9-3-4-9/h5-7,9-10,14H,3-4H2,1-2H3,(H2,12,16). The van der Waals surface area contributed by atoms with E-state index in [0.29, 0.717) is 6.04 Å². The van der Waals surface area contributed by atoms with Crippen molar-refractivity contribution >= 4 is 5.91 Å². The molecule has 1 heterocycles. The number of hydrogen-bond donors (Lipinski definition) is 2. The minimum absolute atomic E-state index is 0.000556. The van der Waals surface area contributed by atoms with Crippen molar-refractivity contribution in [3.63, 3.8) is 0 Å². The van der Waals surface area contributed by atoms with Crippen molar-refractivity contribution in [2.75, 3.05) is 0 Å². The van der Waals surface area contributed by atoms with Crippen LogP contribution in [0.1, 0.15) is 31.6 Å². The highest BCUT2D eigenvalue weighted by atomic mass is 16.1. The van der Waals surface area contributed by atoms with Crippen LogP contribution in [-0.2, 0) is 4.79 Å². The van der Waals surface area contributed by atoms with E-state index in [-0.39, 0.29) is 18.0 Å². The molecule has 1 aliphatic rings. The lowest BCUT2D eigenvalue weighted by Crippen LogP contribution is -2.47. The van der Waals surface area contributed by atoms with Gasteiger partial charge in [0.25, 0.3) is 0 Å². The van der Waals surface area contributed by atoms with Crippen molar-refractivity contribution in [1.82, 2.24) is 14.9 Å². The number of carbonyl (C=O) groups is 1. The first-order valence-electron chi connectivity index (χ1n) is 5.64. The molecule has 0 saturated heterocycles. The monoisotopic (exact) mass is 222 g/mol. The van der Waals surface area contributed by atoms with Gasteiger partial charge < -0.3 is 15.6 Å². The van der Waals surface area contributed by atoms with E-state index in [4.69, 9.17) is 5.73 Å². The van der Waals surface area contributed by atoms with Gasteiger partial charge in [-0.05, 0) is 26.7 Å². The second-order valence-electron chi connectivity index (χ2n) is 4.44. The molecule has 0 aromatic carbocycles. The van der Waals surface area contributed by atoms with Crippen LogP contribution < -0.4 is 11.1 Å². The molecule has 0 radical (unpaired) electrons. The first kappa shape index (κ1) is 11.1. The second-order valence-corrected chi connectivity index (χ2v) is 4.44. The Morgan fingerprint density at radius 2 is 2.38 bits per heavy atom. The molecule has 0 bridgehead atoms. The summed E-state index contributed by atoms with van der Waals surface area (Å²) in [6.07, 6.45) is 5.89. The molecule has 2 rings (SSSR count). The van der Waals surface area contributed by atoms with E-state index in [1.165, 1.54) is 0 Å². The van der Waals surface area contributed by atoms with Crippen LogP contribution in [0.15, 0.2) is 12.4 Å². The normalized spacial score (nSPS) is 19.4. The quantitative estimate of drug-likeness (QED) is 0.755. The average molecular weight is 222 g/mol. The summed E-state index contributed by atoms with van der Waals surface area (Å²) in [7, 11) is 0. The highest BCUT2D eigenvalue weighted by Gasteiger charge is 2.31. The molecule has 5 nitrogen and oxygen atoms in total. The Labute approximate surface area is 95.0 Å². The van der Waals surface area contributed by atoms with Crippen molar-refractivity contribution in [2.45, 2.75) is 44.8 Å². The SMILES string of the molecule is Cc1nccn1C(C)C(NC1CC1)C(N)=O. The van der Waals surface area contributed by atoms with Crippen molar-refractivity contribution in [1.29, 1.82) is 0 Å². The molecule has 1 aromatic heterocycles. The van der Waals surface area contributed by atoms with Crippen LogP contribution in [0.2, 0.25) is 0 Å². The molecule has 0 spiro atoms. The highest BCUT2D eigenvalue weighted by Crippen LogP contribution is 2.22. The predicted molar refractivity (Wildman–Crippen MR) is 60.8 cm³/mol. The number of aryl methyl sites for hydroxylation is 1. The molecule has 1 aliphatic carbocycles. The first-order valence-corrected chi connectivity index (χ1v) is 5.64. The Morgan fingerprint density at radius 1 is 1.69 bits per heavy atom. The lowest BCUT2D eigenvalue weighted by molar-refractivity contribution is -0.121. The van der Waals surface area contributed by atoms with Gasteiger partial charge in [0.05, 0.1) is 6.04 Å². The summed E-state index contributed by atoms with van der Waals surface area (Å²) in [5.41, 5.74) is 5.43. The summed E-state index contributed by atoms with van der Waals surface area (Å²) in [5.74, 6) is 0.601. The Hall–Kier alpha value is -1.36. The van der Waals surface area contributed by atoms with E-state index in [9.17, 15) is 4.79 Å². The van der Waals surface area contributed by atoms with Gasteiger partial charge in [-0.2, -0.15) is 0 Å². The fraction of sp³-hybridized carbons (Fsp3) is 0.636. The molecular formula is C11H18N4O. The molecule has 88 valence electrons. The summed E-state index contributed by atoms with van der Waals surface area (Å²) in [6.45, 7) is 3.91. The maximum Gasteiger partial charge on any atom is 0.236 e. The fourth-order valence-corrected chi connectivity index (χ4v) is 1.94. The van der Waals surface area contributed by atoms with Gasteiger partial charge in [0.1, 0.15) is 11.9 Å². The van der Waals surface area contributed by atoms with Gasteiger partial charge in [0.2, 0.25) is 5.91 Å². The van der Waals surface area contributed by atoms with Crippen molar-refractivity contribution in [3.8, 4) is 0 Å². The molecule has 1 saturated carbocycles. The average Bonchev–Trinajstić information content (AvgIpc) is 2.95. The summed E-state index contributed by atoms with van der Waals surface area (Å²) in [5, 5.41) is 3.28. The van der Waals surface area contributed by atoms with E-state index in [1.807, 2.05) is 24.6 Å². The molecule has 1 aromatic rings. The summed E-state index contributed by atoms with van der Waals surface area (Å²) < 4.78 is 1.98. The number of nitrogens with one attached hydrogen (secondary N) is 1. The van der Waals surface area contributed by atoms with Crippen LogP contribution in [0.3, 0.4) is 0 Å². The van der Waals surface area contributed by atoms with Crippen LogP contribution >= 0.6 is 0 Å². The maximum absolute atomic E-state index is 11.4.